The lowest BCUT2D eigenvalue weighted by molar-refractivity contribution is 0.587. The molecule has 2 N–H and O–H groups in total. The van der Waals surface area contributed by atoms with Crippen molar-refractivity contribution in [3.8, 4) is 0 Å². The molecular formula is C18H24N6O2S. The Morgan fingerprint density at radius 2 is 1.85 bits per heavy atom. The van der Waals surface area contributed by atoms with Crippen LogP contribution in [0, 0.1) is 5.92 Å². The zero-order chi connectivity index (χ0) is 19.6. The summed E-state index contributed by atoms with van der Waals surface area (Å²) in [5.41, 5.74) is 2.50. The van der Waals surface area contributed by atoms with Crippen LogP contribution in [0.25, 0.3) is 11.2 Å². The van der Waals surface area contributed by atoms with Crippen LogP contribution < -0.4 is 9.44 Å². The van der Waals surface area contributed by atoms with Gasteiger partial charge in [-0.3, -0.25) is 0 Å². The first-order valence-corrected chi connectivity index (χ1v) is 10.4. The van der Waals surface area contributed by atoms with E-state index in [1.54, 1.807) is 18.5 Å². The molecule has 2 heterocycles. The van der Waals surface area contributed by atoms with E-state index in [1.807, 2.05) is 23.6 Å². The maximum absolute atomic E-state index is 12.4. The summed E-state index contributed by atoms with van der Waals surface area (Å²) in [6, 6.07) is 7.31. The van der Waals surface area contributed by atoms with Gasteiger partial charge in [0, 0.05) is 6.54 Å². The lowest BCUT2D eigenvalue weighted by Gasteiger charge is -2.21. The topological polar surface area (TPSA) is 107 Å². The van der Waals surface area contributed by atoms with Gasteiger partial charge < -0.3 is 4.57 Å². The van der Waals surface area contributed by atoms with Crippen LogP contribution in [0.2, 0.25) is 0 Å². The van der Waals surface area contributed by atoms with Crippen LogP contribution in [0.1, 0.15) is 32.8 Å². The monoisotopic (exact) mass is 388 g/mol. The molecule has 27 heavy (non-hydrogen) atoms. The van der Waals surface area contributed by atoms with Gasteiger partial charge in [0.1, 0.15) is 6.33 Å². The second kappa shape index (κ2) is 7.61. The Morgan fingerprint density at radius 3 is 2.44 bits per heavy atom. The largest absolute Gasteiger partial charge is 0.315 e. The molecule has 0 amide bonds. The number of nitrogens with two attached hydrogens (primary N) is 1. The third kappa shape index (κ3) is 4.09. The van der Waals surface area contributed by atoms with E-state index >= 15 is 0 Å². The van der Waals surface area contributed by atoms with Gasteiger partial charge in [0.05, 0.1) is 12.0 Å². The maximum Gasteiger partial charge on any atom is 0.304 e. The Hall–Kier alpha value is -2.52. The van der Waals surface area contributed by atoms with Gasteiger partial charge in [-0.2, -0.15) is 8.42 Å². The lowest BCUT2D eigenvalue weighted by atomic mass is 10.0. The van der Waals surface area contributed by atoms with Crippen LogP contribution in [0.15, 0.2) is 36.9 Å². The first kappa shape index (κ1) is 19.2. The number of rotatable bonds is 7. The Kier molecular flexibility index (Phi) is 5.43. The summed E-state index contributed by atoms with van der Waals surface area (Å²) < 4.78 is 27.5. The highest BCUT2D eigenvalue weighted by Gasteiger charge is 2.25. The molecule has 0 aliphatic rings. The summed E-state index contributed by atoms with van der Waals surface area (Å²) in [5.74, 6) is 0.748. The number of benzene rings is 1. The molecule has 3 rings (SSSR count). The standard InChI is InChI=1S/C18H24N6O2S/c1-4-23-12-22-16-17(23)20-11-21-18(16)24(27(19,25)26)15-9-7-14(8-10-15)6-5-13(2)3/h7-13H,4-6H2,1-3H3,(H2,19,25,26). The first-order chi connectivity index (χ1) is 12.8. The van der Waals surface area contributed by atoms with Crippen LogP contribution in [0.3, 0.4) is 0 Å². The van der Waals surface area contributed by atoms with Crippen LogP contribution in [0.5, 0.6) is 0 Å². The molecule has 0 bridgehead atoms. The average Bonchev–Trinajstić information content (AvgIpc) is 3.04. The summed E-state index contributed by atoms with van der Waals surface area (Å²) in [6.45, 7) is 6.96. The molecule has 0 aliphatic heterocycles. The van der Waals surface area contributed by atoms with Crippen molar-refractivity contribution in [2.75, 3.05) is 4.31 Å². The van der Waals surface area contributed by atoms with Gasteiger partial charge in [0.2, 0.25) is 0 Å². The molecule has 0 atom stereocenters. The molecule has 8 nitrogen and oxygen atoms in total. The molecule has 1 aromatic carbocycles. The van der Waals surface area contributed by atoms with Crippen LogP contribution in [0.4, 0.5) is 11.5 Å². The molecule has 0 saturated heterocycles. The highest BCUT2D eigenvalue weighted by atomic mass is 32.2. The highest BCUT2D eigenvalue weighted by Crippen LogP contribution is 2.30. The number of fused-ring (bicyclic) bond motifs is 1. The molecule has 3 aromatic rings. The van der Waals surface area contributed by atoms with Crippen LogP contribution in [-0.2, 0) is 23.2 Å². The number of hydrogen-bond acceptors (Lipinski definition) is 5. The zero-order valence-electron chi connectivity index (χ0n) is 15.7. The predicted molar refractivity (Wildman–Crippen MR) is 106 cm³/mol. The van der Waals surface area contributed by atoms with Gasteiger partial charge in [0.25, 0.3) is 0 Å². The highest BCUT2D eigenvalue weighted by molar-refractivity contribution is 7.90. The van der Waals surface area contributed by atoms with Gasteiger partial charge in [-0.05, 0) is 43.4 Å². The molecule has 144 valence electrons. The summed E-state index contributed by atoms with van der Waals surface area (Å²) in [7, 11) is -4.10. The Morgan fingerprint density at radius 1 is 1.15 bits per heavy atom. The van der Waals surface area contributed by atoms with E-state index in [0.717, 1.165) is 22.7 Å². The number of anilines is 2. The molecule has 0 unspecified atom stereocenters. The van der Waals surface area contributed by atoms with Gasteiger partial charge in [0.15, 0.2) is 17.0 Å². The smallest absolute Gasteiger partial charge is 0.304 e. The van der Waals surface area contributed by atoms with Crippen LogP contribution >= 0.6 is 0 Å². The minimum atomic E-state index is -4.10. The fraction of sp³-hybridized carbons (Fsp3) is 0.389. The molecule has 9 heteroatoms. The number of aryl methyl sites for hydroxylation is 2. The van der Waals surface area contributed by atoms with Crippen molar-refractivity contribution >= 4 is 32.9 Å². The van der Waals surface area contributed by atoms with E-state index < -0.39 is 10.2 Å². The van der Waals surface area contributed by atoms with Crippen molar-refractivity contribution in [1.82, 2.24) is 19.5 Å². The third-order valence-corrected chi connectivity index (χ3v) is 5.24. The Bertz CT molecular complexity index is 1030. The van der Waals surface area contributed by atoms with Crippen molar-refractivity contribution < 1.29 is 8.42 Å². The van der Waals surface area contributed by atoms with E-state index in [-0.39, 0.29) is 5.82 Å². The molecule has 0 aliphatic carbocycles. The third-order valence-electron chi connectivity index (χ3n) is 4.35. The van der Waals surface area contributed by atoms with E-state index in [2.05, 4.69) is 28.8 Å². The second-order valence-electron chi connectivity index (χ2n) is 6.81. The SMILES string of the molecule is CCn1cnc2c(N(c3ccc(CCC(C)C)cc3)S(N)(=O)=O)ncnc21. The summed E-state index contributed by atoms with van der Waals surface area (Å²) in [6.07, 6.45) is 4.94. The molecule has 2 aromatic heterocycles. The summed E-state index contributed by atoms with van der Waals surface area (Å²) in [4.78, 5) is 12.7. The first-order valence-electron chi connectivity index (χ1n) is 8.89. The van der Waals surface area contributed by atoms with E-state index in [4.69, 9.17) is 5.14 Å². The lowest BCUT2D eigenvalue weighted by Crippen LogP contribution is -2.33. The molecular weight excluding hydrogens is 364 g/mol. The van der Waals surface area contributed by atoms with Crippen molar-refractivity contribution in [3.05, 3.63) is 42.5 Å². The van der Waals surface area contributed by atoms with E-state index in [1.165, 1.54) is 6.33 Å². The second-order valence-corrected chi connectivity index (χ2v) is 8.20. The van der Waals surface area contributed by atoms with Crippen molar-refractivity contribution in [2.24, 2.45) is 11.1 Å². The molecule has 0 fully saturated rings. The van der Waals surface area contributed by atoms with Crippen molar-refractivity contribution in [3.63, 3.8) is 0 Å². The summed E-state index contributed by atoms with van der Waals surface area (Å²) >= 11 is 0. The number of nitrogens with zero attached hydrogens (tertiary/aromatic N) is 5. The fourth-order valence-electron chi connectivity index (χ4n) is 2.89. The molecule has 0 radical (unpaired) electrons. The van der Waals surface area contributed by atoms with Crippen molar-refractivity contribution in [1.29, 1.82) is 0 Å². The molecule has 0 spiro atoms. The number of imidazole rings is 1. The minimum absolute atomic E-state index is 0.143. The van der Waals surface area contributed by atoms with Gasteiger partial charge >= 0.3 is 10.2 Å². The fourth-order valence-corrected chi connectivity index (χ4v) is 3.68. The number of aromatic nitrogens is 4. The van der Waals surface area contributed by atoms with Gasteiger partial charge in [-0.15, -0.1) is 0 Å². The normalized spacial score (nSPS) is 12.0. The van der Waals surface area contributed by atoms with Crippen LogP contribution in [-0.4, -0.2) is 27.9 Å². The van der Waals surface area contributed by atoms with Crippen molar-refractivity contribution in [2.45, 2.75) is 40.2 Å². The van der Waals surface area contributed by atoms with E-state index in [0.29, 0.717) is 29.3 Å². The quantitative estimate of drug-likeness (QED) is 0.670. The Labute approximate surface area is 159 Å². The minimum Gasteiger partial charge on any atom is -0.315 e. The molecule has 0 saturated carbocycles. The average molecular weight is 388 g/mol. The number of hydrogen-bond donors (Lipinski definition) is 1. The predicted octanol–water partition coefficient (Wildman–Crippen LogP) is 2.78. The van der Waals surface area contributed by atoms with E-state index in [9.17, 15) is 8.42 Å². The van der Waals surface area contributed by atoms with Gasteiger partial charge in [-0.1, -0.05) is 26.0 Å². The zero-order valence-corrected chi connectivity index (χ0v) is 16.5. The van der Waals surface area contributed by atoms with Gasteiger partial charge in [-0.25, -0.2) is 24.4 Å². The summed E-state index contributed by atoms with van der Waals surface area (Å²) in [5, 5.41) is 5.51. The maximum atomic E-state index is 12.4. The Balaban J connectivity index is 2.05.